The number of amides is 1. The number of carbonyl (C=O) groups excluding carboxylic acids is 1. The Balaban J connectivity index is 1.67. The molecule has 0 unspecified atom stereocenters. The van der Waals surface area contributed by atoms with Crippen LogP contribution in [0.2, 0.25) is 0 Å². The van der Waals surface area contributed by atoms with Gasteiger partial charge in [0.05, 0.1) is 25.7 Å². The lowest BCUT2D eigenvalue weighted by Gasteiger charge is -2.11. The largest absolute Gasteiger partial charge is 0.497 e. The van der Waals surface area contributed by atoms with Gasteiger partial charge in [-0.25, -0.2) is 0 Å². The second-order valence-corrected chi connectivity index (χ2v) is 7.03. The Morgan fingerprint density at radius 1 is 1.14 bits per heavy atom. The number of hydrogen-bond donors (Lipinski definition) is 1. The van der Waals surface area contributed by atoms with Gasteiger partial charge < -0.3 is 19.4 Å². The minimum atomic E-state index is -0.158. The molecule has 0 saturated carbocycles. The van der Waals surface area contributed by atoms with Crippen molar-refractivity contribution in [3.05, 3.63) is 48.0 Å². The first-order valence-electron chi connectivity index (χ1n) is 8.63. The van der Waals surface area contributed by atoms with Crippen molar-refractivity contribution in [3.8, 4) is 22.9 Å². The molecule has 0 radical (unpaired) electrons. The molecular weight excluding hydrogens is 376 g/mol. The Morgan fingerprint density at radius 2 is 1.93 bits per heavy atom. The molecule has 1 N–H and O–H groups in total. The first-order valence-corrected chi connectivity index (χ1v) is 9.62. The Hall–Kier alpha value is -3.00. The number of thioether (sulfide) groups is 1. The van der Waals surface area contributed by atoms with E-state index in [2.05, 4.69) is 15.5 Å². The quantitative estimate of drug-likeness (QED) is 0.614. The molecule has 3 aromatic rings. The average Bonchev–Trinajstić information content (AvgIpc) is 3.07. The molecule has 0 spiro atoms. The van der Waals surface area contributed by atoms with Crippen molar-refractivity contribution in [2.24, 2.45) is 7.05 Å². The maximum Gasteiger partial charge on any atom is 0.234 e. The molecular formula is C20H22N4O3S. The molecule has 7 nitrogen and oxygen atoms in total. The zero-order valence-corrected chi connectivity index (χ0v) is 17.0. The summed E-state index contributed by atoms with van der Waals surface area (Å²) in [5, 5.41) is 12.0. The third kappa shape index (κ3) is 4.28. The summed E-state index contributed by atoms with van der Waals surface area (Å²) >= 11 is 1.33. The van der Waals surface area contributed by atoms with Crippen molar-refractivity contribution in [1.82, 2.24) is 14.8 Å². The molecule has 2 aromatic carbocycles. The third-order valence-electron chi connectivity index (χ3n) is 4.24. The van der Waals surface area contributed by atoms with Gasteiger partial charge in [0.2, 0.25) is 5.91 Å². The van der Waals surface area contributed by atoms with Gasteiger partial charge in [0.25, 0.3) is 0 Å². The molecule has 0 aliphatic heterocycles. The maximum absolute atomic E-state index is 12.4. The van der Waals surface area contributed by atoms with Crippen LogP contribution in [-0.4, -0.2) is 40.6 Å². The Labute approximate surface area is 168 Å². The van der Waals surface area contributed by atoms with E-state index in [4.69, 9.17) is 9.47 Å². The van der Waals surface area contributed by atoms with Gasteiger partial charge in [-0.1, -0.05) is 36.0 Å². The van der Waals surface area contributed by atoms with E-state index in [1.165, 1.54) is 11.8 Å². The van der Waals surface area contributed by atoms with Gasteiger partial charge in [-0.3, -0.25) is 4.79 Å². The van der Waals surface area contributed by atoms with Crippen LogP contribution in [0, 0.1) is 6.92 Å². The van der Waals surface area contributed by atoms with Crippen LogP contribution in [0.25, 0.3) is 11.4 Å². The highest BCUT2D eigenvalue weighted by Crippen LogP contribution is 2.29. The second kappa shape index (κ2) is 8.79. The highest BCUT2D eigenvalue weighted by molar-refractivity contribution is 7.99. The first-order chi connectivity index (χ1) is 13.5. The van der Waals surface area contributed by atoms with Gasteiger partial charge in [0, 0.05) is 18.7 Å². The van der Waals surface area contributed by atoms with Gasteiger partial charge in [-0.05, 0) is 24.6 Å². The smallest absolute Gasteiger partial charge is 0.234 e. The summed E-state index contributed by atoms with van der Waals surface area (Å²) in [5.74, 6) is 2.02. The van der Waals surface area contributed by atoms with Crippen LogP contribution in [0.1, 0.15) is 5.56 Å². The van der Waals surface area contributed by atoms with Crippen LogP contribution >= 0.6 is 11.8 Å². The van der Waals surface area contributed by atoms with Gasteiger partial charge in [-0.2, -0.15) is 0 Å². The Morgan fingerprint density at radius 3 is 2.64 bits per heavy atom. The maximum atomic E-state index is 12.4. The summed E-state index contributed by atoms with van der Waals surface area (Å²) in [4.78, 5) is 12.4. The monoisotopic (exact) mass is 398 g/mol. The van der Waals surface area contributed by atoms with Crippen molar-refractivity contribution in [1.29, 1.82) is 0 Å². The van der Waals surface area contributed by atoms with E-state index < -0.39 is 0 Å². The van der Waals surface area contributed by atoms with Gasteiger partial charge in [0.1, 0.15) is 11.5 Å². The number of nitrogens with one attached hydrogen (secondary N) is 1. The van der Waals surface area contributed by atoms with E-state index in [-0.39, 0.29) is 11.7 Å². The minimum absolute atomic E-state index is 0.158. The molecule has 0 bridgehead atoms. The van der Waals surface area contributed by atoms with Gasteiger partial charge in [0.15, 0.2) is 11.0 Å². The van der Waals surface area contributed by atoms with Crippen molar-refractivity contribution >= 4 is 23.4 Å². The standard InChI is InChI=1S/C20H22N4O3S/c1-13-7-5-6-8-15(13)19-22-23-20(24(19)2)28-12-18(25)21-16-10-9-14(26-3)11-17(16)27-4/h5-11H,12H2,1-4H3,(H,21,25). The molecule has 0 atom stereocenters. The number of carbonyl (C=O) groups is 1. The van der Waals surface area contributed by atoms with E-state index >= 15 is 0 Å². The van der Waals surface area contributed by atoms with E-state index in [0.717, 1.165) is 17.0 Å². The van der Waals surface area contributed by atoms with E-state index in [9.17, 15) is 4.79 Å². The molecule has 0 aliphatic carbocycles. The zero-order chi connectivity index (χ0) is 20.1. The number of anilines is 1. The van der Waals surface area contributed by atoms with E-state index in [0.29, 0.717) is 22.3 Å². The molecule has 0 saturated heterocycles. The molecule has 0 fully saturated rings. The molecule has 1 heterocycles. The van der Waals surface area contributed by atoms with E-state index in [1.807, 2.05) is 42.8 Å². The summed E-state index contributed by atoms with van der Waals surface area (Å²) < 4.78 is 12.4. The summed E-state index contributed by atoms with van der Waals surface area (Å²) in [6.45, 7) is 2.03. The zero-order valence-electron chi connectivity index (χ0n) is 16.2. The van der Waals surface area contributed by atoms with Crippen LogP contribution in [0.4, 0.5) is 5.69 Å². The molecule has 1 amide bonds. The lowest BCUT2D eigenvalue weighted by molar-refractivity contribution is -0.113. The summed E-state index contributed by atoms with van der Waals surface area (Å²) in [6.07, 6.45) is 0. The fraction of sp³-hybridized carbons (Fsp3) is 0.250. The van der Waals surface area contributed by atoms with Crippen molar-refractivity contribution in [3.63, 3.8) is 0 Å². The van der Waals surface area contributed by atoms with E-state index in [1.54, 1.807) is 32.4 Å². The number of aromatic nitrogens is 3. The predicted octanol–water partition coefficient (Wildman–Crippen LogP) is 3.54. The first kappa shape index (κ1) is 19.8. The molecule has 3 rings (SSSR count). The highest BCUT2D eigenvalue weighted by atomic mass is 32.2. The molecule has 0 aliphatic rings. The fourth-order valence-corrected chi connectivity index (χ4v) is 3.43. The number of rotatable bonds is 7. The Kier molecular flexibility index (Phi) is 6.20. The topological polar surface area (TPSA) is 78.3 Å². The summed E-state index contributed by atoms with van der Waals surface area (Å²) in [6, 6.07) is 13.2. The normalized spacial score (nSPS) is 10.6. The average molecular weight is 398 g/mol. The molecule has 8 heteroatoms. The van der Waals surface area contributed by atoms with Gasteiger partial charge >= 0.3 is 0 Å². The third-order valence-corrected chi connectivity index (χ3v) is 5.26. The minimum Gasteiger partial charge on any atom is -0.497 e. The number of hydrogen-bond acceptors (Lipinski definition) is 6. The van der Waals surface area contributed by atoms with Crippen molar-refractivity contribution < 1.29 is 14.3 Å². The SMILES string of the molecule is COc1ccc(NC(=O)CSc2nnc(-c3ccccc3C)n2C)c(OC)c1. The van der Waals surface area contributed by atoms with Crippen LogP contribution in [0.5, 0.6) is 11.5 Å². The number of aryl methyl sites for hydroxylation is 1. The Bertz CT molecular complexity index is 987. The highest BCUT2D eigenvalue weighted by Gasteiger charge is 2.15. The fourth-order valence-electron chi connectivity index (χ4n) is 2.72. The summed E-state index contributed by atoms with van der Waals surface area (Å²) in [7, 11) is 5.02. The second-order valence-electron chi connectivity index (χ2n) is 6.08. The molecule has 28 heavy (non-hydrogen) atoms. The van der Waals surface area contributed by atoms with Crippen LogP contribution in [0.15, 0.2) is 47.6 Å². The number of benzene rings is 2. The molecule has 146 valence electrons. The van der Waals surface area contributed by atoms with Crippen LogP contribution in [0.3, 0.4) is 0 Å². The van der Waals surface area contributed by atoms with Crippen LogP contribution in [-0.2, 0) is 11.8 Å². The number of ether oxygens (including phenoxy) is 2. The molecule has 1 aromatic heterocycles. The number of nitrogens with zero attached hydrogens (tertiary/aromatic N) is 3. The summed E-state index contributed by atoms with van der Waals surface area (Å²) in [5.41, 5.74) is 2.74. The van der Waals surface area contributed by atoms with Crippen molar-refractivity contribution in [2.45, 2.75) is 12.1 Å². The van der Waals surface area contributed by atoms with Gasteiger partial charge in [-0.15, -0.1) is 10.2 Å². The lowest BCUT2D eigenvalue weighted by Crippen LogP contribution is -2.15. The van der Waals surface area contributed by atoms with Crippen molar-refractivity contribution in [2.75, 3.05) is 25.3 Å². The predicted molar refractivity (Wildman–Crippen MR) is 110 cm³/mol. The lowest BCUT2D eigenvalue weighted by atomic mass is 10.1. The number of methoxy groups -OCH3 is 2. The van der Waals surface area contributed by atoms with Crippen LogP contribution < -0.4 is 14.8 Å².